The maximum atomic E-state index is 13.0. The fourth-order valence-corrected chi connectivity index (χ4v) is 4.65. The van der Waals surface area contributed by atoms with E-state index in [1.54, 1.807) is 23.1 Å². The molecular weight excluding hydrogens is 436 g/mol. The van der Waals surface area contributed by atoms with Crippen LogP contribution in [0.3, 0.4) is 0 Å². The molecule has 2 saturated heterocycles. The molecule has 34 heavy (non-hydrogen) atoms. The number of fused-ring (bicyclic) bond motifs is 1. The lowest BCUT2D eigenvalue weighted by Crippen LogP contribution is -2.51. The van der Waals surface area contributed by atoms with Crippen LogP contribution >= 0.6 is 0 Å². The molecule has 0 spiro atoms. The van der Waals surface area contributed by atoms with Crippen LogP contribution in [0, 0.1) is 5.92 Å². The second kappa shape index (κ2) is 9.72. The van der Waals surface area contributed by atoms with Gasteiger partial charge in [-0.25, -0.2) is 0 Å². The molecule has 0 bridgehead atoms. The Hall–Kier alpha value is -3.59. The number of ether oxygens (including phenoxy) is 2. The number of nitrogens with zero attached hydrogens (tertiary/aromatic N) is 3. The maximum absolute atomic E-state index is 13.0. The monoisotopic (exact) mass is 464 g/mol. The predicted molar refractivity (Wildman–Crippen MR) is 125 cm³/mol. The van der Waals surface area contributed by atoms with Crippen molar-refractivity contribution in [1.29, 1.82) is 0 Å². The Balaban J connectivity index is 1.05. The first-order valence-electron chi connectivity index (χ1n) is 11.6. The lowest BCUT2D eigenvalue weighted by atomic mass is 10.1. The van der Waals surface area contributed by atoms with Crippen molar-refractivity contribution >= 4 is 23.4 Å². The molecule has 9 heteroatoms. The fourth-order valence-electron chi connectivity index (χ4n) is 4.65. The van der Waals surface area contributed by atoms with Crippen LogP contribution in [0.4, 0.5) is 5.69 Å². The third-order valence-corrected chi connectivity index (χ3v) is 6.57. The number of rotatable bonds is 6. The summed E-state index contributed by atoms with van der Waals surface area (Å²) < 4.78 is 10.6. The molecule has 3 aliphatic rings. The highest BCUT2D eigenvalue weighted by molar-refractivity contribution is 6.00. The van der Waals surface area contributed by atoms with Crippen molar-refractivity contribution in [3.63, 3.8) is 0 Å². The zero-order valence-corrected chi connectivity index (χ0v) is 18.9. The van der Waals surface area contributed by atoms with Crippen molar-refractivity contribution in [1.82, 2.24) is 15.1 Å². The van der Waals surface area contributed by atoms with Gasteiger partial charge in [-0.1, -0.05) is 18.2 Å². The summed E-state index contributed by atoms with van der Waals surface area (Å²) in [5.74, 6) is 0.855. The molecule has 2 aromatic rings. The fraction of sp³-hybridized carbons (Fsp3) is 0.400. The summed E-state index contributed by atoms with van der Waals surface area (Å²) in [6.07, 6.45) is 0.264. The molecule has 178 valence electrons. The largest absolute Gasteiger partial charge is 0.454 e. The quantitative estimate of drug-likeness (QED) is 0.694. The van der Waals surface area contributed by atoms with Crippen molar-refractivity contribution in [3.05, 3.63) is 54.1 Å². The molecule has 5 rings (SSSR count). The molecule has 9 nitrogen and oxygen atoms in total. The minimum atomic E-state index is -0.291. The van der Waals surface area contributed by atoms with Crippen LogP contribution in [0.15, 0.2) is 48.5 Å². The van der Waals surface area contributed by atoms with Gasteiger partial charge in [-0.15, -0.1) is 0 Å². The standard InChI is InChI=1S/C25H28N4O5/c30-23-15-19(16-29(23)20-4-2-1-3-5-20)25(32)28-12-10-27(11-13-28)9-8-26-24(31)18-6-7-21-22(14-18)34-17-33-21/h1-7,14,19H,8-13,15-17H2,(H,26,31). The minimum Gasteiger partial charge on any atom is -0.454 e. The summed E-state index contributed by atoms with van der Waals surface area (Å²) in [4.78, 5) is 43.7. The van der Waals surface area contributed by atoms with Gasteiger partial charge in [-0.05, 0) is 30.3 Å². The Kier molecular flexibility index (Phi) is 6.35. The third-order valence-electron chi connectivity index (χ3n) is 6.57. The minimum absolute atomic E-state index is 0.00128. The van der Waals surface area contributed by atoms with Crippen LogP contribution in [0.1, 0.15) is 16.8 Å². The summed E-state index contributed by atoms with van der Waals surface area (Å²) in [6.45, 7) is 4.59. The molecule has 0 saturated carbocycles. The Labute approximate surface area is 198 Å². The van der Waals surface area contributed by atoms with Gasteiger partial charge in [0, 0.05) is 63.5 Å². The van der Waals surface area contributed by atoms with Gasteiger partial charge in [0.15, 0.2) is 11.5 Å². The summed E-state index contributed by atoms with van der Waals surface area (Å²) >= 11 is 0. The van der Waals surface area contributed by atoms with Gasteiger partial charge in [-0.2, -0.15) is 0 Å². The summed E-state index contributed by atoms with van der Waals surface area (Å²) in [6, 6.07) is 14.7. The van der Waals surface area contributed by atoms with Gasteiger partial charge in [0.05, 0.1) is 5.92 Å². The van der Waals surface area contributed by atoms with E-state index in [1.807, 2.05) is 35.2 Å². The summed E-state index contributed by atoms with van der Waals surface area (Å²) in [5.41, 5.74) is 1.38. The van der Waals surface area contributed by atoms with Crippen LogP contribution in [-0.4, -0.2) is 80.1 Å². The van der Waals surface area contributed by atoms with Crippen LogP contribution in [-0.2, 0) is 9.59 Å². The highest BCUT2D eigenvalue weighted by Crippen LogP contribution is 2.32. The van der Waals surface area contributed by atoms with Gasteiger partial charge < -0.3 is 24.6 Å². The third kappa shape index (κ3) is 4.70. The van der Waals surface area contributed by atoms with E-state index >= 15 is 0 Å². The first kappa shape index (κ1) is 22.2. The number of carbonyl (C=O) groups is 3. The van der Waals surface area contributed by atoms with Crippen LogP contribution in [0.2, 0.25) is 0 Å². The van der Waals surface area contributed by atoms with Gasteiger partial charge >= 0.3 is 0 Å². The number of amides is 3. The smallest absolute Gasteiger partial charge is 0.251 e. The Morgan fingerprint density at radius 2 is 1.74 bits per heavy atom. The summed E-state index contributed by atoms with van der Waals surface area (Å²) in [7, 11) is 0. The highest BCUT2D eigenvalue weighted by atomic mass is 16.7. The Morgan fingerprint density at radius 1 is 0.971 bits per heavy atom. The maximum Gasteiger partial charge on any atom is 0.251 e. The molecule has 0 aromatic heterocycles. The lowest BCUT2D eigenvalue weighted by molar-refractivity contribution is -0.137. The van der Waals surface area contributed by atoms with E-state index in [-0.39, 0.29) is 36.9 Å². The van der Waals surface area contributed by atoms with E-state index in [0.717, 1.165) is 18.8 Å². The topological polar surface area (TPSA) is 91.4 Å². The van der Waals surface area contributed by atoms with Gasteiger partial charge in [-0.3, -0.25) is 19.3 Å². The Bertz CT molecular complexity index is 1070. The number of nitrogens with one attached hydrogen (secondary N) is 1. The van der Waals surface area contributed by atoms with E-state index < -0.39 is 0 Å². The molecule has 1 N–H and O–H groups in total. The average Bonchev–Trinajstić information content (AvgIpc) is 3.50. The number of carbonyl (C=O) groups excluding carboxylic acids is 3. The molecule has 2 aromatic carbocycles. The van der Waals surface area contributed by atoms with Crippen molar-refractivity contribution in [2.45, 2.75) is 6.42 Å². The van der Waals surface area contributed by atoms with Crippen molar-refractivity contribution in [2.24, 2.45) is 5.92 Å². The van der Waals surface area contributed by atoms with E-state index in [4.69, 9.17) is 9.47 Å². The lowest BCUT2D eigenvalue weighted by Gasteiger charge is -2.35. The number of para-hydroxylation sites is 1. The summed E-state index contributed by atoms with van der Waals surface area (Å²) in [5, 5.41) is 2.94. The molecule has 0 radical (unpaired) electrons. The number of hydrogen-bond acceptors (Lipinski definition) is 6. The number of anilines is 1. The zero-order valence-electron chi connectivity index (χ0n) is 18.9. The first-order chi connectivity index (χ1) is 16.6. The molecule has 3 heterocycles. The number of hydrogen-bond donors (Lipinski definition) is 1. The van der Waals surface area contributed by atoms with E-state index in [2.05, 4.69) is 10.2 Å². The van der Waals surface area contributed by atoms with Crippen molar-refractivity contribution in [2.75, 3.05) is 57.5 Å². The second-order valence-electron chi connectivity index (χ2n) is 8.73. The van der Waals surface area contributed by atoms with Crippen LogP contribution in [0.25, 0.3) is 0 Å². The average molecular weight is 465 g/mol. The molecule has 0 aliphatic carbocycles. The van der Waals surface area contributed by atoms with Crippen molar-refractivity contribution < 1.29 is 23.9 Å². The van der Waals surface area contributed by atoms with Crippen LogP contribution < -0.4 is 19.7 Å². The van der Waals surface area contributed by atoms with E-state index in [0.29, 0.717) is 49.8 Å². The first-order valence-corrected chi connectivity index (χ1v) is 11.6. The molecule has 3 amide bonds. The highest BCUT2D eigenvalue weighted by Gasteiger charge is 2.37. The normalized spacial score (nSPS) is 20.0. The number of benzene rings is 2. The Morgan fingerprint density at radius 3 is 2.53 bits per heavy atom. The van der Waals surface area contributed by atoms with Gasteiger partial charge in [0.25, 0.3) is 5.91 Å². The molecule has 2 fully saturated rings. The van der Waals surface area contributed by atoms with Gasteiger partial charge in [0.1, 0.15) is 0 Å². The van der Waals surface area contributed by atoms with Gasteiger partial charge in [0.2, 0.25) is 18.6 Å². The molecule has 3 aliphatic heterocycles. The molecule has 1 atom stereocenters. The van der Waals surface area contributed by atoms with Crippen LogP contribution in [0.5, 0.6) is 11.5 Å². The predicted octanol–water partition coefficient (Wildman–Crippen LogP) is 1.34. The molecular formula is C25H28N4O5. The SMILES string of the molecule is O=C(NCCN1CCN(C(=O)C2CC(=O)N(c3ccccc3)C2)CC1)c1ccc2c(c1)OCO2. The van der Waals surface area contributed by atoms with Crippen molar-refractivity contribution in [3.8, 4) is 11.5 Å². The van der Waals surface area contributed by atoms with E-state index in [1.165, 1.54) is 0 Å². The molecule has 1 unspecified atom stereocenters. The second-order valence-corrected chi connectivity index (χ2v) is 8.73. The number of piperazine rings is 1. The van der Waals surface area contributed by atoms with E-state index in [9.17, 15) is 14.4 Å². The zero-order chi connectivity index (χ0) is 23.5.